The van der Waals surface area contributed by atoms with Gasteiger partial charge in [0, 0.05) is 25.1 Å². The predicted molar refractivity (Wildman–Crippen MR) is 122 cm³/mol. The third kappa shape index (κ3) is 5.64. The molecule has 10 heteroatoms. The zero-order chi connectivity index (χ0) is 23.3. The van der Waals surface area contributed by atoms with Crippen LogP contribution in [0.2, 0.25) is 5.02 Å². The summed E-state index contributed by atoms with van der Waals surface area (Å²) in [5, 5.41) is 19.4. The van der Waals surface area contributed by atoms with Gasteiger partial charge in [0.15, 0.2) is 15.7 Å². The van der Waals surface area contributed by atoms with Gasteiger partial charge in [-0.15, -0.1) is 0 Å². The molecule has 32 heavy (non-hydrogen) atoms. The maximum Gasteiger partial charge on any atom is 0.232 e. The van der Waals surface area contributed by atoms with E-state index >= 15 is 0 Å². The van der Waals surface area contributed by atoms with Gasteiger partial charge in [0.25, 0.3) is 0 Å². The maximum absolute atomic E-state index is 13.4. The lowest BCUT2D eigenvalue weighted by molar-refractivity contribution is -0.118. The van der Waals surface area contributed by atoms with Gasteiger partial charge >= 0.3 is 0 Å². The summed E-state index contributed by atoms with van der Waals surface area (Å²) in [5.74, 6) is -0.285. The van der Waals surface area contributed by atoms with Crippen molar-refractivity contribution >= 4 is 38.9 Å². The van der Waals surface area contributed by atoms with Crippen LogP contribution in [0.1, 0.15) is 50.1 Å². The van der Waals surface area contributed by atoms with Crippen LogP contribution in [0.25, 0.3) is 0 Å². The quantitative estimate of drug-likeness (QED) is 0.563. The molecule has 1 amide bonds. The summed E-state index contributed by atoms with van der Waals surface area (Å²) in [5.41, 5.74) is 0.616. The Hall–Kier alpha value is -2.07. The van der Waals surface area contributed by atoms with Gasteiger partial charge in [0.2, 0.25) is 5.91 Å². The molecular formula is C22H28ClN3O5S. The number of hydrogen-bond acceptors (Lipinski definition) is 7. The molecule has 0 radical (unpaired) electrons. The van der Waals surface area contributed by atoms with Gasteiger partial charge in [-0.2, -0.15) is 0 Å². The molecule has 3 rings (SSSR count). The highest BCUT2D eigenvalue weighted by Crippen LogP contribution is 2.35. The molecule has 1 fully saturated rings. The van der Waals surface area contributed by atoms with Gasteiger partial charge in [-0.05, 0) is 30.5 Å². The first-order chi connectivity index (χ1) is 15.3. The topological polar surface area (TPSA) is 121 Å². The molecule has 1 aliphatic rings. The molecular weight excluding hydrogens is 454 g/mol. The van der Waals surface area contributed by atoms with E-state index in [2.05, 4.69) is 9.97 Å². The SMILES string of the molecule is CS(=O)(=O)c1ccc(N(C(=O)CCC2CCCC2)c2nccnc2C(CO)CO)cc1Cl. The lowest BCUT2D eigenvalue weighted by Crippen LogP contribution is -2.29. The summed E-state index contributed by atoms with van der Waals surface area (Å²) in [4.78, 5) is 23.3. The number of rotatable bonds is 9. The number of aliphatic hydroxyl groups is 2. The summed E-state index contributed by atoms with van der Waals surface area (Å²) < 4.78 is 23.9. The summed E-state index contributed by atoms with van der Waals surface area (Å²) in [6.45, 7) is -0.750. The normalized spacial score (nSPS) is 14.8. The van der Waals surface area contributed by atoms with E-state index in [1.165, 1.54) is 48.3 Å². The number of carbonyl (C=O) groups excluding carboxylic acids is 1. The van der Waals surface area contributed by atoms with Crippen molar-refractivity contribution in [3.63, 3.8) is 0 Å². The van der Waals surface area contributed by atoms with Crippen molar-refractivity contribution in [1.82, 2.24) is 9.97 Å². The fraction of sp³-hybridized carbons (Fsp3) is 0.500. The van der Waals surface area contributed by atoms with Crippen LogP contribution in [-0.4, -0.2) is 54.0 Å². The monoisotopic (exact) mass is 481 g/mol. The number of benzene rings is 1. The molecule has 8 nitrogen and oxygen atoms in total. The molecule has 0 spiro atoms. The smallest absolute Gasteiger partial charge is 0.232 e. The molecule has 2 aromatic rings. The number of sulfone groups is 1. The number of carbonyl (C=O) groups is 1. The number of hydrogen-bond donors (Lipinski definition) is 2. The Morgan fingerprint density at radius 2 is 1.84 bits per heavy atom. The second kappa shape index (κ2) is 10.7. The van der Waals surface area contributed by atoms with Crippen molar-refractivity contribution in [1.29, 1.82) is 0 Å². The molecule has 174 valence electrons. The fourth-order valence-electron chi connectivity index (χ4n) is 4.08. The average Bonchev–Trinajstić information content (AvgIpc) is 3.27. The molecule has 0 saturated heterocycles. The minimum Gasteiger partial charge on any atom is -0.396 e. The van der Waals surface area contributed by atoms with Gasteiger partial charge in [-0.25, -0.2) is 13.4 Å². The van der Waals surface area contributed by atoms with Crippen molar-refractivity contribution in [2.75, 3.05) is 24.4 Å². The molecule has 2 N–H and O–H groups in total. The standard InChI is InChI=1S/C22H28ClN3O5S/c1-32(30,31)19-8-7-17(12-18(19)23)26(20(29)9-6-15-4-2-3-5-15)22-21(16(13-27)14-28)24-10-11-25-22/h7-8,10-12,15-16,27-28H,2-6,9,13-14H2,1H3. The molecule has 1 aromatic heterocycles. The highest BCUT2D eigenvalue weighted by Gasteiger charge is 2.28. The maximum atomic E-state index is 13.4. The number of amides is 1. The fourth-order valence-corrected chi connectivity index (χ4v) is 5.41. The molecule has 1 aliphatic carbocycles. The van der Waals surface area contributed by atoms with E-state index < -0.39 is 15.8 Å². The van der Waals surface area contributed by atoms with Gasteiger partial charge in [-0.3, -0.25) is 14.7 Å². The molecule has 1 aromatic carbocycles. The lowest BCUT2D eigenvalue weighted by atomic mass is 10.0. The van der Waals surface area contributed by atoms with Crippen molar-refractivity contribution < 1.29 is 23.4 Å². The first kappa shape index (κ1) is 24.6. The Balaban J connectivity index is 2.05. The Labute approximate surface area is 193 Å². The second-order valence-electron chi connectivity index (χ2n) is 8.13. The third-order valence-corrected chi connectivity index (χ3v) is 7.39. The van der Waals surface area contributed by atoms with Crippen LogP contribution in [0.5, 0.6) is 0 Å². The Kier molecular flexibility index (Phi) is 8.21. The number of nitrogens with zero attached hydrogens (tertiary/aromatic N) is 3. The van der Waals surface area contributed by atoms with Gasteiger partial charge in [0.1, 0.15) is 0 Å². The zero-order valence-electron chi connectivity index (χ0n) is 17.9. The van der Waals surface area contributed by atoms with E-state index in [1.54, 1.807) is 0 Å². The third-order valence-electron chi connectivity index (χ3n) is 5.81. The van der Waals surface area contributed by atoms with Crippen LogP contribution in [0.15, 0.2) is 35.5 Å². The van der Waals surface area contributed by atoms with Crippen LogP contribution >= 0.6 is 11.6 Å². The van der Waals surface area contributed by atoms with E-state index in [0.717, 1.165) is 25.5 Å². The second-order valence-corrected chi connectivity index (χ2v) is 10.5. The Morgan fingerprint density at radius 3 is 2.44 bits per heavy atom. The predicted octanol–water partition coefficient (Wildman–Crippen LogP) is 3.24. The van der Waals surface area contributed by atoms with Crippen LogP contribution in [0.3, 0.4) is 0 Å². The number of halogens is 1. The van der Waals surface area contributed by atoms with Crippen LogP contribution in [0.4, 0.5) is 11.5 Å². The summed E-state index contributed by atoms with van der Waals surface area (Å²) >= 11 is 6.25. The molecule has 0 bridgehead atoms. The van der Waals surface area contributed by atoms with Crippen LogP contribution < -0.4 is 4.90 Å². The molecule has 1 saturated carbocycles. The van der Waals surface area contributed by atoms with Crippen molar-refractivity contribution in [3.05, 3.63) is 41.3 Å². The largest absolute Gasteiger partial charge is 0.396 e. The van der Waals surface area contributed by atoms with E-state index in [0.29, 0.717) is 11.6 Å². The Morgan fingerprint density at radius 1 is 1.19 bits per heavy atom. The minimum absolute atomic E-state index is 0.00935. The van der Waals surface area contributed by atoms with Crippen LogP contribution in [-0.2, 0) is 14.6 Å². The molecule has 0 unspecified atom stereocenters. The Bertz CT molecular complexity index is 1050. The van der Waals surface area contributed by atoms with Crippen molar-refractivity contribution in [2.24, 2.45) is 5.92 Å². The summed E-state index contributed by atoms with van der Waals surface area (Å²) in [7, 11) is -3.54. The van der Waals surface area contributed by atoms with Gasteiger partial charge in [-0.1, -0.05) is 37.3 Å². The average molecular weight is 482 g/mol. The minimum atomic E-state index is -3.54. The highest BCUT2D eigenvalue weighted by molar-refractivity contribution is 7.90. The van der Waals surface area contributed by atoms with Crippen LogP contribution in [0, 0.1) is 5.92 Å². The van der Waals surface area contributed by atoms with Gasteiger partial charge in [0.05, 0.1) is 40.4 Å². The van der Waals surface area contributed by atoms with E-state index in [1.807, 2.05) is 0 Å². The van der Waals surface area contributed by atoms with E-state index in [-0.39, 0.29) is 47.0 Å². The van der Waals surface area contributed by atoms with Gasteiger partial charge < -0.3 is 10.2 Å². The number of aliphatic hydroxyl groups excluding tert-OH is 2. The first-order valence-electron chi connectivity index (χ1n) is 10.6. The molecule has 0 atom stereocenters. The summed E-state index contributed by atoms with van der Waals surface area (Å²) in [6.07, 6.45) is 9.49. The first-order valence-corrected chi connectivity index (χ1v) is 12.9. The lowest BCUT2D eigenvalue weighted by Gasteiger charge is -2.26. The molecule has 1 heterocycles. The zero-order valence-corrected chi connectivity index (χ0v) is 19.5. The number of aromatic nitrogens is 2. The van der Waals surface area contributed by atoms with Crippen molar-refractivity contribution in [3.8, 4) is 0 Å². The summed E-state index contributed by atoms with van der Waals surface area (Å²) in [6, 6.07) is 4.27. The molecule has 0 aliphatic heterocycles. The van der Waals surface area contributed by atoms with E-state index in [9.17, 15) is 23.4 Å². The van der Waals surface area contributed by atoms with E-state index in [4.69, 9.17) is 11.6 Å². The van der Waals surface area contributed by atoms with Crippen molar-refractivity contribution in [2.45, 2.75) is 49.3 Å². The highest BCUT2D eigenvalue weighted by atomic mass is 35.5. The number of anilines is 2.